The van der Waals surface area contributed by atoms with E-state index in [9.17, 15) is 4.79 Å². The zero-order valence-electron chi connectivity index (χ0n) is 16.7. The van der Waals surface area contributed by atoms with Gasteiger partial charge < -0.3 is 5.32 Å². The van der Waals surface area contributed by atoms with Crippen LogP contribution in [-0.4, -0.2) is 31.9 Å². The molecule has 0 spiro atoms. The third-order valence-corrected chi connectivity index (χ3v) is 6.69. The molecule has 2 aromatic heterocycles. The number of thiazole rings is 1. The molecule has 0 saturated heterocycles. The predicted molar refractivity (Wildman–Crippen MR) is 111 cm³/mol. The van der Waals surface area contributed by atoms with E-state index in [1.165, 1.54) is 35.3 Å². The van der Waals surface area contributed by atoms with Crippen molar-refractivity contribution in [3.63, 3.8) is 0 Å². The number of benzene rings is 1. The number of nitrogens with one attached hydrogen (secondary N) is 1. The third-order valence-electron chi connectivity index (χ3n) is 5.53. The first-order valence-electron chi connectivity index (χ1n) is 9.72. The highest BCUT2D eigenvalue weighted by Gasteiger charge is 2.23. The third kappa shape index (κ3) is 3.46. The Kier molecular flexibility index (Phi) is 5.02. The van der Waals surface area contributed by atoms with Gasteiger partial charge in [0.2, 0.25) is 0 Å². The molecule has 4 rings (SSSR count). The molecule has 1 saturated carbocycles. The van der Waals surface area contributed by atoms with Gasteiger partial charge in [-0.1, -0.05) is 24.1 Å². The van der Waals surface area contributed by atoms with Crippen molar-refractivity contribution in [2.45, 2.75) is 59.4 Å². The van der Waals surface area contributed by atoms with Crippen LogP contribution in [0.2, 0.25) is 0 Å². The maximum Gasteiger partial charge on any atom is 0.263 e. The number of hydrogen-bond donors (Lipinski definition) is 1. The second kappa shape index (κ2) is 7.47. The number of amides is 1. The summed E-state index contributed by atoms with van der Waals surface area (Å²) in [5.74, 6) is -0.0210. The van der Waals surface area contributed by atoms with Gasteiger partial charge in [-0.25, -0.2) is 9.67 Å². The van der Waals surface area contributed by atoms with Gasteiger partial charge in [0.1, 0.15) is 15.6 Å². The Labute approximate surface area is 169 Å². The van der Waals surface area contributed by atoms with Crippen LogP contribution >= 0.6 is 11.3 Å². The Morgan fingerprint density at radius 2 is 1.89 bits per heavy atom. The van der Waals surface area contributed by atoms with Gasteiger partial charge in [0.25, 0.3) is 5.91 Å². The van der Waals surface area contributed by atoms with Gasteiger partial charge >= 0.3 is 0 Å². The first-order valence-corrected chi connectivity index (χ1v) is 10.5. The maximum atomic E-state index is 12.7. The van der Waals surface area contributed by atoms with E-state index in [1.54, 1.807) is 0 Å². The summed E-state index contributed by atoms with van der Waals surface area (Å²) in [4.78, 5) is 18.0. The minimum Gasteiger partial charge on any atom is -0.349 e. The summed E-state index contributed by atoms with van der Waals surface area (Å²) in [6, 6.07) is 6.53. The van der Waals surface area contributed by atoms with Crippen molar-refractivity contribution in [2.24, 2.45) is 0 Å². The molecule has 0 bridgehead atoms. The molecule has 6 nitrogen and oxygen atoms in total. The Balaban J connectivity index is 1.62. The van der Waals surface area contributed by atoms with Crippen molar-refractivity contribution >= 4 is 17.2 Å². The molecule has 0 unspecified atom stereocenters. The van der Waals surface area contributed by atoms with Crippen LogP contribution in [0.5, 0.6) is 0 Å². The molecular formula is C21H25N5OS. The van der Waals surface area contributed by atoms with Crippen LogP contribution in [0.25, 0.3) is 16.4 Å². The van der Waals surface area contributed by atoms with E-state index in [-0.39, 0.29) is 5.91 Å². The highest BCUT2D eigenvalue weighted by molar-refractivity contribution is 7.17. The van der Waals surface area contributed by atoms with E-state index in [0.717, 1.165) is 40.6 Å². The van der Waals surface area contributed by atoms with Gasteiger partial charge in [-0.05, 0) is 63.8 Å². The SMILES string of the molecule is Cc1ccc(-n2nnc(-c3nc(C)c(C(=O)NC4CCCC4)s3)c2C)cc1C. The van der Waals surface area contributed by atoms with Crippen LogP contribution in [0.1, 0.15) is 57.9 Å². The summed E-state index contributed by atoms with van der Waals surface area (Å²) in [6.45, 7) is 8.05. The summed E-state index contributed by atoms with van der Waals surface area (Å²) in [6.07, 6.45) is 4.52. The smallest absolute Gasteiger partial charge is 0.263 e. The largest absolute Gasteiger partial charge is 0.349 e. The van der Waals surface area contributed by atoms with Gasteiger partial charge in [0.15, 0.2) is 0 Å². The quantitative estimate of drug-likeness (QED) is 0.715. The number of nitrogens with zero attached hydrogens (tertiary/aromatic N) is 4. The Morgan fingerprint density at radius 3 is 2.61 bits per heavy atom. The van der Waals surface area contributed by atoms with E-state index in [0.29, 0.717) is 10.9 Å². The minimum atomic E-state index is -0.0210. The molecule has 146 valence electrons. The zero-order chi connectivity index (χ0) is 19.8. The van der Waals surface area contributed by atoms with Gasteiger partial charge in [0.05, 0.1) is 17.1 Å². The first kappa shape index (κ1) is 18.8. The number of hydrogen-bond acceptors (Lipinski definition) is 5. The summed E-state index contributed by atoms with van der Waals surface area (Å²) >= 11 is 1.39. The summed E-state index contributed by atoms with van der Waals surface area (Å²) in [7, 11) is 0. The summed E-state index contributed by atoms with van der Waals surface area (Å²) < 4.78 is 1.83. The van der Waals surface area contributed by atoms with Gasteiger partial charge in [-0.2, -0.15) is 0 Å². The molecule has 7 heteroatoms. The van der Waals surface area contributed by atoms with Crippen molar-refractivity contribution in [3.05, 3.63) is 45.6 Å². The lowest BCUT2D eigenvalue weighted by Crippen LogP contribution is -2.32. The molecule has 2 heterocycles. The zero-order valence-corrected chi connectivity index (χ0v) is 17.6. The molecule has 1 aliphatic carbocycles. The monoisotopic (exact) mass is 395 g/mol. The number of aromatic nitrogens is 4. The summed E-state index contributed by atoms with van der Waals surface area (Å²) in [5.41, 5.74) is 5.83. The number of rotatable bonds is 4. The van der Waals surface area contributed by atoms with E-state index in [1.807, 2.05) is 24.6 Å². The fourth-order valence-corrected chi connectivity index (χ4v) is 4.66. The highest BCUT2D eigenvalue weighted by Crippen LogP contribution is 2.30. The van der Waals surface area contributed by atoms with E-state index in [4.69, 9.17) is 0 Å². The lowest BCUT2D eigenvalue weighted by molar-refractivity contribution is 0.0941. The average molecular weight is 396 g/mol. The molecule has 1 aliphatic rings. The van der Waals surface area contributed by atoms with E-state index >= 15 is 0 Å². The fourth-order valence-electron chi connectivity index (χ4n) is 3.66. The molecule has 0 radical (unpaired) electrons. The lowest BCUT2D eigenvalue weighted by atomic mass is 10.1. The predicted octanol–water partition coefficient (Wildman–Crippen LogP) is 4.30. The van der Waals surface area contributed by atoms with Gasteiger partial charge in [-0.15, -0.1) is 16.4 Å². The topological polar surface area (TPSA) is 72.7 Å². The average Bonchev–Trinajstić information content (AvgIpc) is 3.38. The molecule has 3 aromatic rings. The minimum absolute atomic E-state index is 0.0210. The van der Waals surface area contributed by atoms with Crippen molar-refractivity contribution in [1.29, 1.82) is 0 Å². The lowest BCUT2D eigenvalue weighted by Gasteiger charge is -2.10. The van der Waals surface area contributed by atoms with Crippen LogP contribution in [0.15, 0.2) is 18.2 Å². The number of carbonyl (C=O) groups is 1. The van der Waals surface area contributed by atoms with Crippen LogP contribution in [0, 0.1) is 27.7 Å². The second-order valence-electron chi connectivity index (χ2n) is 7.59. The van der Waals surface area contributed by atoms with Crippen LogP contribution in [0.3, 0.4) is 0 Å². The maximum absolute atomic E-state index is 12.7. The molecular weight excluding hydrogens is 370 g/mol. The molecule has 0 atom stereocenters. The van der Waals surface area contributed by atoms with Crippen molar-refractivity contribution in [2.75, 3.05) is 0 Å². The molecule has 0 aliphatic heterocycles. The van der Waals surface area contributed by atoms with E-state index < -0.39 is 0 Å². The molecule has 1 aromatic carbocycles. The normalized spacial score (nSPS) is 14.6. The second-order valence-corrected chi connectivity index (χ2v) is 8.59. The van der Waals surface area contributed by atoms with Crippen LogP contribution < -0.4 is 5.32 Å². The van der Waals surface area contributed by atoms with Gasteiger partial charge in [-0.3, -0.25) is 4.79 Å². The fraction of sp³-hybridized carbons (Fsp3) is 0.429. The van der Waals surface area contributed by atoms with Crippen molar-refractivity contribution in [1.82, 2.24) is 25.3 Å². The first-order chi connectivity index (χ1) is 13.4. The Hall–Kier alpha value is -2.54. The van der Waals surface area contributed by atoms with Crippen molar-refractivity contribution in [3.8, 4) is 16.4 Å². The Bertz CT molecular complexity index is 1030. The van der Waals surface area contributed by atoms with Gasteiger partial charge in [0, 0.05) is 6.04 Å². The molecule has 28 heavy (non-hydrogen) atoms. The van der Waals surface area contributed by atoms with Crippen molar-refractivity contribution < 1.29 is 4.79 Å². The number of carbonyl (C=O) groups excluding carboxylic acids is 1. The number of aryl methyl sites for hydroxylation is 3. The highest BCUT2D eigenvalue weighted by atomic mass is 32.1. The molecule has 1 amide bonds. The van der Waals surface area contributed by atoms with E-state index in [2.05, 4.69) is 46.6 Å². The Morgan fingerprint density at radius 1 is 1.14 bits per heavy atom. The standard InChI is InChI=1S/C21H25N5OS/c1-12-9-10-17(11-13(12)2)26-15(4)18(24-25-26)21-22-14(3)19(28-21)20(27)23-16-7-5-6-8-16/h9-11,16H,5-8H2,1-4H3,(H,23,27). The van der Waals surface area contributed by atoms with Crippen LogP contribution in [0.4, 0.5) is 0 Å². The summed E-state index contributed by atoms with van der Waals surface area (Å²) in [5, 5.41) is 12.6. The molecule has 1 fully saturated rings. The van der Waals surface area contributed by atoms with Crippen LogP contribution in [-0.2, 0) is 0 Å². The molecule has 1 N–H and O–H groups in total.